The summed E-state index contributed by atoms with van der Waals surface area (Å²) in [5.41, 5.74) is 7.79. The number of hydrogen-bond donors (Lipinski definition) is 0. The average molecular weight is 539 g/mol. The maximum Gasteiger partial charge on any atom is 0 e. The minimum atomic E-state index is 0. The van der Waals surface area contributed by atoms with Crippen molar-refractivity contribution in [2.75, 3.05) is 0 Å². The van der Waals surface area contributed by atoms with Gasteiger partial charge in [-0.15, -0.1) is 0 Å². The molecule has 0 nitrogen and oxygen atoms in total. The molecule has 0 amide bonds. The van der Waals surface area contributed by atoms with E-state index < -0.39 is 0 Å². The predicted octanol–water partition coefficient (Wildman–Crippen LogP) is 9.96. The standard InChI is InChI=1S/C33H53.Y/c1-22-14-16-31(9)24(28(22,4)5)15-17-33(11)25(31)13-12-23-26-29(6,7)27(2,3)18-19-30(26,8)20-21-32(23,33)10;/h14,24-25H,1,12-13,15-21H2,2-11H3;/q-1;. The first-order valence-corrected chi connectivity index (χ1v) is 14.2. The molecule has 0 N–H and O–H groups in total. The van der Waals surface area contributed by atoms with E-state index in [1.54, 1.807) is 0 Å². The summed E-state index contributed by atoms with van der Waals surface area (Å²) in [4.78, 5) is 0. The first-order chi connectivity index (χ1) is 15.0. The monoisotopic (exact) mass is 538 g/mol. The van der Waals surface area contributed by atoms with Crippen LogP contribution in [0.5, 0.6) is 0 Å². The molecule has 3 fully saturated rings. The van der Waals surface area contributed by atoms with Crippen molar-refractivity contribution in [2.24, 2.45) is 49.7 Å². The SMILES string of the molecule is [CH2-]C1=CCC2(C)C(CCC3(C)C2CCC2=C4C(C)(CCC(C)(C)C4(C)C)CCC23C)C1(C)C.[Y]. The van der Waals surface area contributed by atoms with Crippen molar-refractivity contribution in [1.29, 1.82) is 0 Å². The van der Waals surface area contributed by atoms with Crippen molar-refractivity contribution in [1.82, 2.24) is 0 Å². The van der Waals surface area contributed by atoms with E-state index in [0.29, 0.717) is 32.5 Å². The Morgan fingerprint density at radius 2 is 1.38 bits per heavy atom. The molecule has 0 bridgehead atoms. The molecule has 189 valence electrons. The van der Waals surface area contributed by atoms with Gasteiger partial charge in [0.05, 0.1) is 0 Å². The van der Waals surface area contributed by atoms with Crippen LogP contribution in [-0.2, 0) is 32.7 Å². The maximum absolute atomic E-state index is 4.51. The fourth-order valence-electron chi connectivity index (χ4n) is 10.9. The van der Waals surface area contributed by atoms with Crippen LogP contribution in [0.15, 0.2) is 22.8 Å². The molecule has 3 saturated carbocycles. The molecule has 5 rings (SSSR count). The molecule has 0 aromatic carbocycles. The Balaban J connectivity index is 0.00000274. The van der Waals surface area contributed by atoms with Crippen LogP contribution in [0.2, 0.25) is 0 Å². The molecule has 0 aliphatic heterocycles. The number of rotatable bonds is 0. The van der Waals surface area contributed by atoms with Gasteiger partial charge in [0, 0.05) is 32.7 Å². The number of allylic oxidation sites excluding steroid dienone is 4. The Bertz CT molecular complexity index is 930. The summed E-state index contributed by atoms with van der Waals surface area (Å²) in [6.07, 6.45) is 14.9. The van der Waals surface area contributed by atoms with E-state index in [-0.39, 0.29) is 38.1 Å². The van der Waals surface area contributed by atoms with Crippen LogP contribution in [0.25, 0.3) is 0 Å². The largest absolute Gasteiger partial charge is 0.241 e. The quantitative estimate of drug-likeness (QED) is 0.213. The summed E-state index contributed by atoms with van der Waals surface area (Å²) in [5.74, 6) is 1.60. The molecular weight excluding hydrogens is 485 g/mol. The summed E-state index contributed by atoms with van der Waals surface area (Å²) < 4.78 is 0. The smallest absolute Gasteiger partial charge is 0 e. The van der Waals surface area contributed by atoms with Crippen LogP contribution in [0.4, 0.5) is 0 Å². The Hall–Kier alpha value is 0.454. The van der Waals surface area contributed by atoms with Crippen molar-refractivity contribution in [2.45, 2.75) is 127 Å². The van der Waals surface area contributed by atoms with Crippen molar-refractivity contribution >= 4 is 0 Å². The Kier molecular flexibility index (Phi) is 6.26. The first-order valence-electron chi connectivity index (χ1n) is 14.2. The van der Waals surface area contributed by atoms with Crippen LogP contribution in [0.1, 0.15) is 127 Å². The number of hydrogen-bond acceptors (Lipinski definition) is 0. The molecular formula is C33H53Y-. The van der Waals surface area contributed by atoms with E-state index in [9.17, 15) is 0 Å². The van der Waals surface area contributed by atoms with Gasteiger partial charge in [-0.25, -0.2) is 18.6 Å². The molecule has 0 heterocycles. The maximum atomic E-state index is 4.51. The topological polar surface area (TPSA) is 0 Å². The summed E-state index contributed by atoms with van der Waals surface area (Å²) in [6, 6.07) is 0. The van der Waals surface area contributed by atoms with Gasteiger partial charge >= 0.3 is 0 Å². The van der Waals surface area contributed by atoms with Gasteiger partial charge < -0.3 is 0 Å². The van der Waals surface area contributed by atoms with Gasteiger partial charge in [0.1, 0.15) is 0 Å². The molecule has 1 radical (unpaired) electrons. The zero-order valence-electron chi connectivity index (χ0n) is 24.4. The summed E-state index contributed by atoms with van der Waals surface area (Å²) >= 11 is 0. The fourth-order valence-corrected chi connectivity index (χ4v) is 10.9. The van der Waals surface area contributed by atoms with E-state index >= 15 is 0 Å². The van der Waals surface area contributed by atoms with Crippen LogP contribution >= 0.6 is 0 Å². The molecule has 6 atom stereocenters. The summed E-state index contributed by atoms with van der Waals surface area (Å²) in [5, 5.41) is 0. The molecule has 0 saturated heterocycles. The molecule has 6 unspecified atom stereocenters. The average Bonchev–Trinajstić information content (AvgIpc) is 2.70. The second-order valence-corrected chi connectivity index (χ2v) is 16.0. The van der Waals surface area contributed by atoms with E-state index in [0.717, 1.165) is 11.8 Å². The zero-order valence-corrected chi connectivity index (χ0v) is 27.2. The van der Waals surface area contributed by atoms with Crippen molar-refractivity contribution < 1.29 is 32.7 Å². The normalized spacial score (nSPS) is 48.4. The van der Waals surface area contributed by atoms with Gasteiger partial charge in [0.15, 0.2) is 0 Å². The molecule has 5 aliphatic rings. The zero-order chi connectivity index (χ0) is 24.5. The van der Waals surface area contributed by atoms with Crippen LogP contribution in [0, 0.1) is 56.7 Å². The molecule has 34 heavy (non-hydrogen) atoms. The molecule has 0 aromatic heterocycles. The minimum absolute atomic E-state index is 0. The molecule has 1 heteroatoms. The van der Waals surface area contributed by atoms with Crippen LogP contribution in [-0.4, -0.2) is 0 Å². The predicted molar refractivity (Wildman–Crippen MR) is 143 cm³/mol. The van der Waals surface area contributed by atoms with E-state index in [1.807, 2.05) is 11.1 Å². The third-order valence-corrected chi connectivity index (χ3v) is 14.1. The third kappa shape index (κ3) is 3.12. The Labute approximate surface area is 237 Å². The number of fused-ring (bicyclic) bond motifs is 6. The second kappa shape index (κ2) is 7.74. The van der Waals surface area contributed by atoms with Crippen molar-refractivity contribution in [3.8, 4) is 0 Å². The van der Waals surface area contributed by atoms with E-state index in [4.69, 9.17) is 0 Å². The molecule has 0 aromatic rings. The van der Waals surface area contributed by atoms with E-state index in [2.05, 4.69) is 82.2 Å². The summed E-state index contributed by atoms with van der Waals surface area (Å²) in [6.45, 7) is 30.6. The summed E-state index contributed by atoms with van der Waals surface area (Å²) in [7, 11) is 0. The van der Waals surface area contributed by atoms with Gasteiger partial charge in [-0.2, -0.15) is 0 Å². The van der Waals surface area contributed by atoms with Gasteiger partial charge in [-0.05, 0) is 101 Å². The first kappa shape index (κ1) is 27.5. The Morgan fingerprint density at radius 3 is 2.03 bits per heavy atom. The second-order valence-electron chi connectivity index (χ2n) is 16.0. The molecule has 5 aliphatic carbocycles. The van der Waals surface area contributed by atoms with Gasteiger partial charge in [0.25, 0.3) is 0 Å². The third-order valence-electron chi connectivity index (χ3n) is 14.1. The van der Waals surface area contributed by atoms with Crippen molar-refractivity contribution in [3.63, 3.8) is 0 Å². The van der Waals surface area contributed by atoms with Gasteiger partial charge in [-0.3, -0.25) is 0 Å². The van der Waals surface area contributed by atoms with E-state index in [1.165, 1.54) is 63.4 Å². The van der Waals surface area contributed by atoms with Crippen LogP contribution < -0.4 is 0 Å². The van der Waals surface area contributed by atoms with Crippen molar-refractivity contribution in [3.05, 3.63) is 29.7 Å². The minimum Gasteiger partial charge on any atom is -0.241 e. The van der Waals surface area contributed by atoms with Crippen LogP contribution in [0.3, 0.4) is 0 Å². The van der Waals surface area contributed by atoms with Gasteiger partial charge in [0.2, 0.25) is 0 Å². The van der Waals surface area contributed by atoms with Gasteiger partial charge in [-0.1, -0.05) is 86.8 Å². The molecule has 0 spiro atoms. The Morgan fingerprint density at radius 1 is 0.765 bits per heavy atom. The fraction of sp³-hybridized carbons (Fsp3) is 0.848.